The van der Waals surface area contributed by atoms with Gasteiger partial charge < -0.3 is 15.1 Å². The van der Waals surface area contributed by atoms with E-state index in [1.807, 2.05) is 31.2 Å². The molecule has 1 atom stereocenters. The highest BCUT2D eigenvalue weighted by molar-refractivity contribution is 5.49. The summed E-state index contributed by atoms with van der Waals surface area (Å²) in [7, 11) is 0. The number of anilines is 1. The molecule has 1 heterocycles. The highest BCUT2D eigenvalue weighted by Crippen LogP contribution is 2.26. The summed E-state index contributed by atoms with van der Waals surface area (Å²) in [6.07, 6.45) is 0.814. The molecule has 2 N–H and O–H groups in total. The van der Waals surface area contributed by atoms with Crippen LogP contribution < -0.4 is 4.90 Å². The number of nitrogens with zero attached hydrogens (tertiary/aromatic N) is 1. The largest absolute Gasteiger partial charge is 0.392 e. The van der Waals surface area contributed by atoms with E-state index in [1.165, 1.54) is 0 Å². The van der Waals surface area contributed by atoms with Crippen molar-refractivity contribution in [2.45, 2.75) is 25.6 Å². The third kappa shape index (κ3) is 2.30. The molecular formula is C12H17NO2. The van der Waals surface area contributed by atoms with Crippen LogP contribution in [0.1, 0.15) is 18.9 Å². The number of aliphatic hydroxyl groups excluding tert-OH is 1. The second-order valence-electron chi connectivity index (χ2n) is 4.49. The molecule has 1 aliphatic rings. The van der Waals surface area contributed by atoms with Crippen LogP contribution in [0.4, 0.5) is 5.69 Å². The van der Waals surface area contributed by atoms with Crippen molar-refractivity contribution in [3.05, 3.63) is 29.8 Å². The molecule has 0 bridgehead atoms. The van der Waals surface area contributed by atoms with E-state index in [-0.39, 0.29) is 6.61 Å². The van der Waals surface area contributed by atoms with Gasteiger partial charge in [-0.15, -0.1) is 0 Å². The molecule has 1 aliphatic heterocycles. The Bertz CT molecular complexity index is 332. The van der Waals surface area contributed by atoms with Crippen molar-refractivity contribution in [2.24, 2.45) is 0 Å². The molecule has 1 fully saturated rings. The van der Waals surface area contributed by atoms with E-state index in [2.05, 4.69) is 4.90 Å². The number of rotatable bonds is 2. The number of β-amino-alcohol motifs (C(OH)–C–C–N with tert-alkyl or cyclic N) is 1. The molecule has 0 saturated carbocycles. The predicted molar refractivity (Wildman–Crippen MR) is 59.8 cm³/mol. The SMILES string of the molecule is CC1(O)CCN(c2ccc(CO)cc2)C1. The zero-order valence-corrected chi connectivity index (χ0v) is 8.98. The molecule has 0 spiro atoms. The molecule has 1 aromatic rings. The van der Waals surface area contributed by atoms with Gasteiger partial charge in [0.1, 0.15) is 0 Å². The Labute approximate surface area is 90.0 Å². The summed E-state index contributed by atoms with van der Waals surface area (Å²) in [6, 6.07) is 7.82. The van der Waals surface area contributed by atoms with E-state index >= 15 is 0 Å². The first-order valence-electron chi connectivity index (χ1n) is 5.28. The van der Waals surface area contributed by atoms with E-state index in [0.29, 0.717) is 6.54 Å². The fraction of sp³-hybridized carbons (Fsp3) is 0.500. The third-order valence-electron chi connectivity index (χ3n) is 2.94. The van der Waals surface area contributed by atoms with Gasteiger partial charge in [0.05, 0.1) is 12.2 Å². The van der Waals surface area contributed by atoms with Crippen LogP contribution in [0.15, 0.2) is 24.3 Å². The molecule has 2 rings (SSSR count). The number of hydrogen-bond acceptors (Lipinski definition) is 3. The first-order chi connectivity index (χ1) is 7.11. The van der Waals surface area contributed by atoms with Crippen molar-refractivity contribution < 1.29 is 10.2 Å². The molecule has 1 saturated heterocycles. The summed E-state index contributed by atoms with van der Waals surface area (Å²) in [5.74, 6) is 0. The number of aliphatic hydroxyl groups is 2. The van der Waals surface area contributed by atoms with Crippen LogP contribution >= 0.6 is 0 Å². The summed E-state index contributed by atoms with van der Waals surface area (Å²) in [5, 5.41) is 18.8. The average Bonchev–Trinajstić information content (AvgIpc) is 2.59. The lowest BCUT2D eigenvalue weighted by Crippen LogP contribution is -2.29. The maximum atomic E-state index is 9.85. The summed E-state index contributed by atoms with van der Waals surface area (Å²) in [4.78, 5) is 2.17. The van der Waals surface area contributed by atoms with Crippen LogP contribution in [0.3, 0.4) is 0 Å². The first-order valence-corrected chi connectivity index (χ1v) is 5.28. The van der Waals surface area contributed by atoms with Gasteiger partial charge in [-0.3, -0.25) is 0 Å². The minimum absolute atomic E-state index is 0.0813. The van der Waals surface area contributed by atoms with Crippen molar-refractivity contribution in [1.82, 2.24) is 0 Å². The third-order valence-corrected chi connectivity index (χ3v) is 2.94. The smallest absolute Gasteiger partial charge is 0.0810 e. The van der Waals surface area contributed by atoms with Crippen LogP contribution in [-0.4, -0.2) is 28.9 Å². The second-order valence-corrected chi connectivity index (χ2v) is 4.49. The van der Waals surface area contributed by atoms with Crippen molar-refractivity contribution in [3.8, 4) is 0 Å². The van der Waals surface area contributed by atoms with E-state index in [4.69, 9.17) is 5.11 Å². The van der Waals surface area contributed by atoms with E-state index in [1.54, 1.807) is 0 Å². The van der Waals surface area contributed by atoms with E-state index in [9.17, 15) is 5.11 Å². The normalized spacial score (nSPS) is 25.9. The van der Waals surface area contributed by atoms with Gasteiger partial charge in [-0.2, -0.15) is 0 Å². The van der Waals surface area contributed by atoms with Gasteiger partial charge in [0.15, 0.2) is 0 Å². The maximum Gasteiger partial charge on any atom is 0.0810 e. The molecule has 0 aliphatic carbocycles. The highest BCUT2D eigenvalue weighted by Gasteiger charge is 2.31. The zero-order chi connectivity index (χ0) is 10.9. The van der Waals surface area contributed by atoms with Gasteiger partial charge in [0.25, 0.3) is 0 Å². The fourth-order valence-corrected chi connectivity index (χ4v) is 1.98. The Morgan fingerprint density at radius 2 is 2.00 bits per heavy atom. The molecule has 0 amide bonds. The molecule has 1 aromatic carbocycles. The van der Waals surface area contributed by atoms with E-state index in [0.717, 1.165) is 24.2 Å². The molecule has 3 heteroatoms. The van der Waals surface area contributed by atoms with Crippen molar-refractivity contribution in [1.29, 1.82) is 0 Å². The minimum atomic E-state index is -0.560. The monoisotopic (exact) mass is 207 g/mol. The lowest BCUT2D eigenvalue weighted by Gasteiger charge is -2.20. The number of hydrogen-bond donors (Lipinski definition) is 2. The average molecular weight is 207 g/mol. The van der Waals surface area contributed by atoms with Crippen LogP contribution in [0, 0.1) is 0 Å². The molecule has 0 aromatic heterocycles. The molecule has 82 valence electrons. The summed E-state index contributed by atoms with van der Waals surface area (Å²) in [6.45, 7) is 3.53. The second kappa shape index (κ2) is 3.83. The fourth-order valence-electron chi connectivity index (χ4n) is 1.98. The quantitative estimate of drug-likeness (QED) is 0.764. The van der Waals surface area contributed by atoms with Crippen LogP contribution in [-0.2, 0) is 6.61 Å². The molecule has 1 unspecified atom stereocenters. The summed E-state index contributed by atoms with van der Waals surface area (Å²) < 4.78 is 0. The standard InChI is InChI=1S/C12H17NO2/c1-12(15)6-7-13(9-12)11-4-2-10(8-14)3-5-11/h2-5,14-15H,6-9H2,1H3. The molecular weight excluding hydrogens is 190 g/mol. The molecule has 15 heavy (non-hydrogen) atoms. The molecule has 3 nitrogen and oxygen atoms in total. The zero-order valence-electron chi connectivity index (χ0n) is 8.98. The Morgan fingerprint density at radius 1 is 1.33 bits per heavy atom. The topological polar surface area (TPSA) is 43.7 Å². The van der Waals surface area contributed by atoms with Crippen molar-refractivity contribution in [3.63, 3.8) is 0 Å². The Balaban J connectivity index is 2.11. The minimum Gasteiger partial charge on any atom is -0.392 e. The highest BCUT2D eigenvalue weighted by atomic mass is 16.3. The Kier molecular flexibility index (Phi) is 2.67. The summed E-state index contributed by atoms with van der Waals surface area (Å²) >= 11 is 0. The van der Waals surface area contributed by atoms with Crippen LogP contribution in [0.2, 0.25) is 0 Å². The Hall–Kier alpha value is -1.06. The number of benzene rings is 1. The van der Waals surface area contributed by atoms with Gasteiger partial charge in [0.2, 0.25) is 0 Å². The first kappa shape index (κ1) is 10.5. The van der Waals surface area contributed by atoms with Crippen LogP contribution in [0.25, 0.3) is 0 Å². The Morgan fingerprint density at radius 3 is 2.47 bits per heavy atom. The summed E-state index contributed by atoms with van der Waals surface area (Å²) in [5.41, 5.74) is 1.48. The van der Waals surface area contributed by atoms with Gasteiger partial charge in [-0.25, -0.2) is 0 Å². The maximum absolute atomic E-state index is 9.85. The van der Waals surface area contributed by atoms with Crippen molar-refractivity contribution >= 4 is 5.69 Å². The predicted octanol–water partition coefficient (Wildman–Crippen LogP) is 1.14. The van der Waals surface area contributed by atoms with Gasteiger partial charge in [0, 0.05) is 18.8 Å². The van der Waals surface area contributed by atoms with Gasteiger partial charge in [-0.05, 0) is 31.0 Å². The lowest BCUT2D eigenvalue weighted by molar-refractivity contribution is 0.0839. The molecule has 0 radical (unpaired) electrons. The van der Waals surface area contributed by atoms with Gasteiger partial charge >= 0.3 is 0 Å². The van der Waals surface area contributed by atoms with Crippen LogP contribution in [0.5, 0.6) is 0 Å². The van der Waals surface area contributed by atoms with Gasteiger partial charge in [-0.1, -0.05) is 12.1 Å². The van der Waals surface area contributed by atoms with Crippen molar-refractivity contribution in [2.75, 3.05) is 18.0 Å². The lowest BCUT2D eigenvalue weighted by atomic mass is 10.1. The van der Waals surface area contributed by atoms with E-state index < -0.39 is 5.60 Å².